The molecule has 1 atom stereocenters. The van der Waals surface area contributed by atoms with E-state index >= 15 is 0 Å². The number of carbonyl (C=O) groups is 1. The van der Waals surface area contributed by atoms with Gasteiger partial charge in [-0.15, -0.1) is 0 Å². The van der Waals surface area contributed by atoms with Crippen LogP contribution in [0.4, 0.5) is 22.4 Å². The van der Waals surface area contributed by atoms with Crippen LogP contribution < -0.4 is 9.50 Å². The van der Waals surface area contributed by atoms with E-state index in [1.807, 2.05) is 0 Å². The van der Waals surface area contributed by atoms with Crippen LogP contribution in [-0.4, -0.2) is 25.6 Å². The number of alkyl carbamates (subject to hydrolysis) is 1. The van der Waals surface area contributed by atoms with Crippen molar-refractivity contribution < 1.29 is 39.7 Å². The number of amides is 1. The van der Waals surface area contributed by atoms with E-state index in [0.29, 0.717) is 24.8 Å². The maximum Gasteiger partial charge on any atom is 0.534 e. The van der Waals surface area contributed by atoms with Crippen LogP contribution in [0.5, 0.6) is 5.75 Å². The lowest BCUT2D eigenvalue weighted by Gasteiger charge is -2.24. The van der Waals surface area contributed by atoms with Crippen LogP contribution in [0.15, 0.2) is 12.1 Å². The predicted octanol–water partition coefficient (Wildman–Crippen LogP) is 4.35. The maximum absolute atomic E-state index is 14.7. The van der Waals surface area contributed by atoms with E-state index in [-0.39, 0.29) is 12.0 Å². The van der Waals surface area contributed by atoms with Gasteiger partial charge in [0, 0.05) is 0 Å². The molecule has 1 aromatic carbocycles. The molecule has 0 radical (unpaired) electrons. The topological polar surface area (TPSA) is 81.7 Å². The highest BCUT2D eigenvalue weighted by molar-refractivity contribution is 7.88. The van der Waals surface area contributed by atoms with Crippen LogP contribution in [0.2, 0.25) is 0 Å². The van der Waals surface area contributed by atoms with Gasteiger partial charge in [-0.2, -0.15) is 21.6 Å². The molecule has 0 saturated heterocycles. The van der Waals surface area contributed by atoms with Gasteiger partial charge in [0.25, 0.3) is 0 Å². The van der Waals surface area contributed by atoms with Crippen molar-refractivity contribution >= 4 is 16.2 Å². The zero-order chi connectivity index (χ0) is 21.3. The van der Waals surface area contributed by atoms with Crippen LogP contribution in [0.1, 0.15) is 57.2 Å². The molecular weight excluding hydrogens is 406 g/mol. The summed E-state index contributed by atoms with van der Waals surface area (Å²) in [6.07, 6.45) is 1.03. The van der Waals surface area contributed by atoms with E-state index in [2.05, 4.69) is 9.50 Å². The van der Waals surface area contributed by atoms with Crippen LogP contribution in [0, 0.1) is 5.82 Å². The number of alkyl halides is 3. The number of ether oxygens (including phenoxy) is 1. The Kier molecular flexibility index (Phi) is 6.17. The minimum atomic E-state index is -5.99. The number of nitrogens with one attached hydrogen (secondary N) is 1. The molecule has 0 fully saturated rings. The molecule has 6 nitrogen and oxygen atoms in total. The second-order valence-corrected chi connectivity index (χ2v) is 8.91. The van der Waals surface area contributed by atoms with E-state index in [4.69, 9.17) is 4.74 Å². The van der Waals surface area contributed by atoms with E-state index in [1.54, 1.807) is 20.8 Å². The predicted molar refractivity (Wildman–Crippen MR) is 91.7 cm³/mol. The third-order valence-corrected chi connectivity index (χ3v) is 4.93. The summed E-state index contributed by atoms with van der Waals surface area (Å²) in [6, 6.07) is 1.44. The average Bonchev–Trinajstić information content (AvgIpc) is 2.70. The SMILES string of the molecule is CC(C)(C)OC(=O)N[C@@H]1CCCCc2c1ccc(OS(=O)(=O)C(F)(F)F)c2F. The molecule has 0 aromatic heterocycles. The zero-order valence-electron chi connectivity index (χ0n) is 15.5. The summed E-state index contributed by atoms with van der Waals surface area (Å²) in [5, 5.41) is 2.62. The Labute approximate surface area is 160 Å². The Morgan fingerprint density at radius 3 is 2.39 bits per heavy atom. The molecule has 1 N–H and O–H groups in total. The molecule has 1 amide bonds. The standard InChI is InChI=1S/C17H21F4NO5S/c1-16(2,3)26-15(23)22-12-7-5-4-6-11-10(12)8-9-13(14(11)18)27-28(24,25)17(19,20)21/h8-9,12H,4-7H2,1-3H3,(H,22,23)/t12-/m1/s1. The van der Waals surface area contributed by atoms with Gasteiger partial charge in [0.05, 0.1) is 6.04 Å². The van der Waals surface area contributed by atoms with Crippen molar-refractivity contribution in [2.24, 2.45) is 0 Å². The summed E-state index contributed by atoms with van der Waals surface area (Å²) in [6.45, 7) is 5.04. The first-order valence-electron chi connectivity index (χ1n) is 8.53. The first-order chi connectivity index (χ1) is 12.7. The number of hydrogen-bond acceptors (Lipinski definition) is 5. The Balaban J connectivity index is 2.33. The highest BCUT2D eigenvalue weighted by atomic mass is 32.2. The van der Waals surface area contributed by atoms with Gasteiger partial charge in [-0.3, -0.25) is 0 Å². The summed E-state index contributed by atoms with van der Waals surface area (Å²) in [5.74, 6) is -2.22. The fourth-order valence-corrected chi connectivity index (χ4v) is 3.29. The fourth-order valence-electron chi connectivity index (χ4n) is 2.83. The third-order valence-electron chi connectivity index (χ3n) is 3.96. The van der Waals surface area contributed by atoms with Crippen LogP contribution in [0.25, 0.3) is 0 Å². The molecule has 0 spiro atoms. The molecule has 2 rings (SSSR count). The van der Waals surface area contributed by atoms with Gasteiger partial charge in [0.15, 0.2) is 11.6 Å². The van der Waals surface area contributed by atoms with Crippen molar-refractivity contribution in [2.75, 3.05) is 0 Å². The lowest BCUT2D eigenvalue weighted by molar-refractivity contribution is -0.0501. The number of carbonyl (C=O) groups excluding carboxylic acids is 1. The maximum atomic E-state index is 14.7. The van der Waals surface area contributed by atoms with E-state index in [1.165, 1.54) is 6.07 Å². The monoisotopic (exact) mass is 427 g/mol. The summed E-state index contributed by atoms with van der Waals surface area (Å²) in [5.41, 5.74) is -6.06. The fraction of sp³-hybridized carbons (Fsp3) is 0.588. The molecular formula is C17H21F4NO5S. The molecule has 1 aliphatic carbocycles. The smallest absolute Gasteiger partial charge is 0.444 e. The molecule has 0 heterocycles. The second kappa shape index (κ2) is 7.76. The second-order valence-electron chi connectivity index (χ2n) is 7.37. The molecule has 11 heteroatoms. The van der Waals surface area contributed by atoms with Crippen molar-refractivity contribution in [3.05, 3.63) is 29.1 Å². The summed E-state index contributed by atoms with van der Waals surface area (Å²) < 4.78 is 83.7. The van der Waals surface area contributed by atoms with Crippen LogP contribution in [0.3, 0.4) is 0 Å². The number of fused-ring (bicyclic) bond motifs is 1. The minimum absolute atomic E-state index is 0.00781. The number of hydrogen-bond donors (Lipinski definition) is 1. The summed E-state index contributed by atoms with van der Waals surface area (Å²) in [7, 11) is -5.99. The van der Waals surface area contributed by atoms with Crippen molar-refractivity contribution in [1.82, 2.24) is 5.32 Å². The van der Waals surface area contributed by atoms with Crippen LogP contribution in [-0.2, 0) is 21.3 Å². The molecule has 0 unspecified atom stereocenters. The first-order valence-corrected chi connectivity index (χ1v) is 9.93. The van der Waals surface area contributed by atoms with E-state index in [0.717, 1.165) is 6.07 Å². The van der Waals surface area contributed by atoms with Crippen molar-refractivity contribution in [3.8, 4) is 5.75 Å². The van der Waals surface area contributed by atoms with Gasteiger partial charge >= 0.3 is 21.7 Å². The van der Waals surface area contributed by atoms with Crippen LogP contribution >= 0.6 is 0 Å². The van der Waals surface area contributed by atoms with E-state index < -0.39 is 44.9 Å². The minimum Gasteiger partial charge on any atom is -0.444 e. The van der Waals surface area contributed by atoms with Crippen molar-refractivity contribution in [1.29, 1.82) is 0 Å². The molecule has 1 aliphatic rings. The number of rotatable bonds is 3. The Morgan fingerprint density at radius 1 is 1.18 bits per heavy atom. The molecule has 1 aromatic rings. The molecule has 28 heavy (non-hydrogen) atoms. The van der Waals surface area contributed by atoms with Crippen molar-refractivity contribution in [2.45, 2.75) is 63.6 Å². The highest BCUT2D eigenvalue weighted by Crippen LogP contribution is 2.36. The normalized spacial score (nSPS) is 18.0. The summed E-state index contributed by atoms with van der Waals surface area (Å²) in [4.78, 5) is 12.0. The first kappa shape index (κ1) is 22.3. The molecule has 0 saturated carbocycles. The molecule has 0 aliphatic heterocycles. The van der Waals surface area contributed by atoms with Gasteiger partial charge in [0.1, 0.15) is 5.60 Å². The van der Waals surface area contributed by atoms with Gasteiger partial charge in [-0.05, 0) is 57.2 Å². The van der Waals surface area contributed by atoms with Gasteiger partial charge in [-0.1, -0.05) is 12.5 Å². The Hall–Kier alpha value is -2.04. The number of benzene rings is 1. The quantitative estimate of drug-likeness (QED) is 0.336. The van der Waals surface area contributed by atoms with Gasteiger partial charge in [0.2, 0.25) is 0 Å². The third kappa shape index (κ3) is 5.27. The van der Waals surface area contributed by atoms with Gasteiger partial charge in [-0.25, -0.2) is 9.18 Å². The van der Waals surface area contributed by atoms with Gasteiger partial charge < -0.3 is 14.2 Å². The van der Waals surface area contributed by atoms with E-state index in [9.17, 15) is 30.8 Å². The molecule has 158 valence electrons. The molecule has 0 bridgehead atoms. The zero-order valence-corrected chi connectivity index (χ0v) is 16.3. The highest BCUT2D eigenvalue weighted by Gasteiger charge is 2.49. The van der Waals surface area contributed by atoms with Crippen molar-refractivity contribution in [3.63, 3.8) is 0 Å². The number of halogens is 4. The summed E-state index contributed by atoms with van der Waals surface area (Å²) >= 11 is 0. The Morgan fingerprint density at radius 2 is 1.82 bits per heavy atom. The lowest BCUT2D eigenvalue weighted by Crippen LogP contribution is -2.35. The lowest BCUT2D eigenvalue weighted by atomic mass is 9.98. The average molecular weight is 427 g/mol. The largest absolute Gasteiger partial charge is 0.534 e. The Bertz CT molecular complexity index is 846.